The summed E-state index contributed by atoms with van der Waals surface area (Å²) >= 11 is 0. The van der Waals surface area contributed by atoms with E-state index in [9.17, 15) is 18.0 Å². The molecule has 0 radical (unpaired) electrons. The normalized spacial score (nSPS) is 11.7. The van der Waals surface area contributed by atoms with Crippen molar-refractivity contribution in [1.82, 2.24) is 15.5 Å². The number of carbonyl (C=O) groups is 1. The molecule has 1 aromatic rings. The number of aliphatic imine (C=N–C) groups is 1. The number of guanidine groups is 1. The number of carbonyl (C=O) groups excluding carboxylic acids is 1. The number of ether oxygens (including phenoxy) is 1. The summed E-state index contributed by atoms with van der Waals surface area (Å²) in [5, 5.41) is 5.89. The molecule has 0 aliphatic carbocycles. The van der Waals surface area contributed by atoms with Crippen LogP contribution in [0.4, 0.5) is 13.2 Å². The van der Waals surface area contributed by atoms with Gasteiger partial charge in [0.2, 0.25) is 5.91 Å². The summed E-state index contributed by atoms with van der Waals surface area (Å²) < 4.78 is 41.0. The molecule has 26 heavy (non-hydrogen) atoms. The quantitative estimate of drug-likeness (QED) is 0.416. The van der Waals surface area contributed by atoms with E-state index in [4.69, 9.17) is 0 Å². The molecule has 1 rings (SSSR count). The third-order valence-electron chi connectivity index (χ3n) is 3.07. The molecule has 0 bridgehead atoms. The van der Waals surface area contributed by atoms with E-state index < -0.39 is 12.8 Å². The van der Waals surface area contributed by atoms with Gasteiger partial charge in [0.25, 0.3) is 0 Å². The SMILES string of the molecule is C=CCNC(=NCc1ccc(OCC(F)(F)F)cc1)NCC(=O)N(C)C. The fourth-order valence-corrected chi connectivity index (χ4v) is 1.69. The smallest absolute Gasteiger partial charge is 0.422 e. The lowest BCUT2D eigenvalue weighted by molar-refractivity contribution is -0.153. The highest BCUT2D eigenvalue weighted by atomic mass is 19.4. The molecule has 0 unspecified atom stereocenters. The minimum Gasteiger partial charge on any atom is -0.484 e. The molecule has 0 saturated carbocycles. The summed E-state index contributed by atoms with van der Waals surface area (Å²) in [4.78, 5) is 17.4. The van der Waals surface area contributed by atoms with Gasteiger partial charge in [-0.1, -0.05) is 18.2 Å². The van der Waals surface area contributed by atoms with E-state index in [0.29, 0.717) is 12.5 Å². The number of alkyl halides is 3. The molecule has 1 aromatic carbocycles. The van der Waals surface area contributed by atoms with Crippen LogP contribution in [0.2, 0.25) is 0 Å². The molecule has 0 aliphatic heterocycles. The first-order valence-corrected chi connectivity index (χ1v) is 7.83. The van der Waals surface area contributed by atoms with Crippen molar-refractivity contribution in [1.29, 1.82) is 0 Å². The summed E-state index contributed by atoms with van der Waals surface area (Å²) in [6.45, 7) is 3.10. The van der Waals surface area contributed by atoms with Crippen LogP contribution in [0, 0.1) is 0 Å². The molecule has 0 aromatic heterocycles. The Hall–Kier alpha value is -2.71. The van der Waals surface area contributed by atoms with Crippen LogP contribution in [0.15, 0.2) is 41.9 Å². The zero-order chi connectivity index (χ0) is 19.6. The van der Waals surface area contributed by atoms with E-state index in [-0.39, 0.29) is 24.7 Å². The van der Waals surface area contributed by atoms with Crippen LogP contribution in [-0.4, -0.2) is 56.7 Å². The number of halogens is 3. The van der Waals surface area contributed by atoms with Crippen LogP contribution in [0.25, 0.3) is 0 Å². The Morgan fingerprint density at radius 2 is 1.92 bits per heavy atom. The largest absolute Gasteiger partial charge is 0.484 e. The van der Waals surface area contributed by atoms with E-state index >= 15 is 0 Å². The Kier molecular flexibility index (Phi) is 8.47. The first-order valence-electron chi connectivity index (χ1n) is 7.83. The van der Waals surface area contributed by atoms with Gasteiger partial charge in [0, 0.05) is 20.6 Å². The molecule has 0 spiro atoms. The van der Waals surface area contributed by atoms with Crippen molar-refractivity contribution in [2.45, 2.75) is 12.7 Å². The van der Waals surface area contributed by atoms with Crippen molar-refractivity contribution in [2.24, 2.45) is 4.99 Å². The topological polar surface area (TPSA) is 66.0 Å². The molecule has 0 heterocycles. The van der Waals surface area contributed by atoms with Gasteiger partial charge in [-0.25, -0.2) is 4.99 Å². The minimum atomic E-state index is -4.37. The van der Waals surface area contributed by atoms with E-state index in [1.807, 2.05) is 0 Å². The lowest BCUT2D eigenvalue weighted by Crippen LogP contribution is -2.43. The third kappa shape index (κ3) is 8.95. The van der Waals surface area contributed by atoms with Crippen molar-refractivity contribution in [3.05, 3.63) is 42.5 Å². The fourth-order valence-electron chi connectivity index (χ4n) is 1.69. The molecule has 9 heteroatoms. The summed E-state index contributed by atoms with van der Waals surface area (Å²) in [5.74, 6) is 0.455. The van der Waals surface area contributed by atoms with Crippen molar-refractivity contribution in [2.75, 3.05) is 33.8 Å². The monoisotopic (exact) mass is 372 g/mol. The van der Waals surface area contributed by atoms with Gasteiger partial charge >= 0.3 is 6.18 Å². The Labute approximate surface area is 150 Å². The molecule has 0 saturated heterocycles. The van der Waals surface area contributed by atoms with E-state index in [1.54, 1.807) is 32.3 Å². The second-order valence-electron chi connectivity index (χ2n) is 5.52. The van der Waals surface area contributed by atoms with E-state index in [1.165, 1.54) is 17.0 Å². The van der Waals surface area contributed by atoms with Gasteiger partial charge < -0.3 is 20.3 Å². The Morgan fingerprint density at radius 1 is 1.27 bits per heavy atom. The fraction of sp³-hybridized carbons (Fsp3) is 0.412. The number of hydrogen-bond acceptors (Lipinski definition) is 3. The zero-order valence-corrected chi connectivity index (χ0v) is 14.8. The lowest BCUT2D eigenvalue weighted by atomic mass is 10.2. The van der Waals surface area contributed by atoms with E-state index in [0.717, 1.165) is 5.56 Å². The second-order valence-corrected chi connectivity index (χ2v) is 5.52. The van der Waals surface area contributed by atoms with Gasteiger partial charge in [-0.2, -0.15) is 13.2 Å². The summed E-state index contributed by atoms with van der Waals surface area (Å²) in [7, 11) is 3.31. The summed E-state index contributed by atoms with van der Waals surface area (Å²) in [5.41, 5.74) is 0.781. The van der Waals surface area contributed by atoms with Gasteiger partial charge in [-0.3, -0.25) is 4.79 Å². The number of likely N-dealkylation sites (N-methyl/N-ethyl adjacent to an activating group) is 1. The first kappa shape index (κ1) is 21.3. The number of nitrogens with zero attached hydrogens (tertiary/aromatic N) is 2. The number of rotatable bonds is 8. The molecule has 0 aliphatic rings. The van der Waals surface area contributed by atoms with Gasteiger partial charge in [0.1, 0.15) is 5.75 Å². The van der Waals surface area contributed by atoms with Gasteiger partial charge in [0.05, 0.1) is 13.1 Å². The number of nitrogens with one attached hydrogen (secondary N) is 2. The maximum absolute atomic E-state index is 12.1. The third-order valence-corrected chi connectivity index (χ3v) is 3.07. The first-order chi connectivity index (χ1) is 12.2. The van der Waals surface area contributed by atoms with Crippen LogP contribution in [0.1, 0.15) is 5.56 Å². The van der Waals surface area contributed by atoms with Crippen LogP contribution in [-0.2, 0) is 11.3 Å². The Morgan fingerprint density at radius 3 is 2.46 bits per heavy atom. The Bertz CT molecular complexity index is 613. The van der Waals surface area contributed by atoms with Crippen molar-refractivity contribution in [3.63, 3.8) is 0 Å². The molecule has 0 atom stereocenters. The minimum absolute atomic E-state index is 0.0835. The predicted octanol–water partition coefficient (Wildman–Crippen LogP) is 1.94. The standard InChI is InChI=1S/C17H23F3N4O2/c1-4-9-21-16(23-11-15(25)24(2)3)22-10-13-5-7-14(8-6-13)26-12-17(18,19)20/h4-8H,1,9-12H2,2-3H3,(H2,21,22,23). The maximum Gasteiger partial charge on any atom is 0.422 e. The van der Waals surface area contributed by atoms with Gasteiger partial charge in [-0.05, 0) is 17.7 Å². The summed E-state index contributed by atoms with van der Waals surface area (Å²) in [6, 6.07) is 6.17. The van der Waals surface area contributed by atoms with Gasteiger partial charge in [-0.15, -0.1) is 6.58 Å². The van der Waals surface area contributed by atoms with Crippen LogP contribution in [0.5, 0.6) is 5.75 Å². The highest BCUT2D eigenvalue weighted by molar-refractivity contribution is 5.86. The highest BCUT2D eigenvalue weighted by Crippen LogP contribution is 2.19. The highest BCUT2D eigenvalue weighted by Gasteiger charge is 2.28. The van der Waals surface area contributed by atoms with Gasteiger partial charge in [0.15, 0.2) is 12.6 Å². The molecule has 0 fully saturated rings. The van der Waals surface area contributed by atoms with Crippen molar-refractivity contribution < 1.29 is 22.7 Å². The molecule has 6 nitrogen and oxygen atoms in total. The van der Waals surface area contributed by atoms with Crippen LogP contribution < -0.4 is 15.4 Å². The number of hydrogen-bond donors (Lipinski definition) is 2. The average Bonchev–Trinajstić information content (AvgIpc) is 2.59. The molecule has 1 amide bonds. The zero-order valence-electron chi connectivity index (χ0n) is 14.8. The molecule has 144 valence electrons. The van der Waals surface area contributed by atoms with Crippen LogP contribution >= 0.6 is 0 Å². The van der Waals surface area contributed by atoms with Crippen LogP contribution in [0.3, 0.4) is 0 Å². The second kappa shape index (κ2) is 10.3. The Balaban J connectivity index is 2.63. The molecule has 2 N–H and O–H groups in total. The predicted molar refractivity (Wildman–Crippen MR) is 94.0 cm³/mol. The number of amides is 1. The molecular weight excluding hydrogens is 349 g/mol. The lowest BCUT2D eigenvalue weighted by Gasteiger charge is -2.14. The average molecular weight is 372 g/mol. The van der Waals surface area contributed by atoms with Crippen molar-refractivity contribution in [3.8, 4) is 5.75 Å². The molecular formula is C17H23F3N4O2. The number of benzene rings is 1. The van der Waals surface area contributed by atoms with E-state index in [2.05, 4.69) is 26.9 Å². The summed E-state index contributed by atoms with van der Waals surface area (Å²) in [6.07, 6.45) is -2.72. The maximum atomic E-state index is 12.1. The van der Waals surface area contributed by atoms with Crippen molar-refractivity contribution >= 4 is 11.9 Å².